The average molecular weight is 191 g/mol. The zero-order chi connectivity index (χ0) is 10.6. The van der Waals surface area contributed by atoms with Gasteiger partial charge in [-0.3, -0.25) is 4.79 Å². The van der Waals surface area contributed by atoms with Crippen LogP contribution in [0.2, 0.25) is 0 Å². The Kier molecular flexibility index (Phi) is 2.86. The molecule has 0 aliphatic rings. The summed E-state index contributed by atoms with van der Waals surface area (Å²) in [7, 11) is 0. The summed E-state index contributed by atoms with van der Waals surface area (Å²) in [5.74, 6) is -0.100. The number of amides is 1. The van der Waals surface area contributed by atoms with Gasteiger partial charge in [0, 0.05) is 0 Å². The van der Waals surface area contributed by atoms with Crippen molar-refractivity contribution >= 4 is 17.4 Å². The molecule has 5 N–H and O–H groups in total. The van der Waals surface area contributed by atoms with Gasteiger partial charge in [-0.15, -0.1) is 0 Å². The average Bonchev–Trinajstić information content (AvgIpc) is 2.16. The fourth-order valence-corrected chi connectivity index (χ4v) is 0.836. The van der Waals surface area contributed by atoms with Gasteiger partial charge in [-0.2, -0.15) is 5.26 Å². The first-order valence-electron chi connectivity index (χ1n) is 3.82. The second kappa shape index (κ2) is 4.09. The van der Waals surface area contributed by atoms with E-state index in [-0.39, 0.29) is 12.2 Å². The molecule has 0 radical (unpaired) electrons. The van der Waals surface area contributed by atoms with E-state index >= 15 is 0 Å². The smallest absolute Gasteiger partial charge is 0.236 e. The third-order valence-electron chi connectivity index (χ3n) is 1.48. The van der Waals surface area contributed by atoms with Gasteiger partial charge in [-0.25, -0.2) is 4.98 Å². The largest absolute Gasteiger partial charge is 0.396 e. The van der Waals surface area contributed by atoms with E-state index in [0.717, 1.165) is 0 Å². The lowest BCUT2D eigenvalue weighted by Crippen LogP contribution is -2.22. The first-order chi connectivity index (χ1) is 6.63. The first-order valence-corrected chi connectivity index (χ1v) is 3.82. The van der Waals surface area contributed by atoms with Gasteiger partial charge in [0.25, 0.3) is 0 Å². The minimum absolute atomic E-state index is 0.0260. The number of carbonyl (C=O) groups is 1. The van der Waals surface area contributed by atoms with E-state index < -0.39 is 5.91 Å². The molecule has 0 aromatic carbocycles. The van der Waals surface area contributed by atoms with Crippen molar-refractivity contribution in [1.82, 2.24) is 4.98 Å². The number of pyridine rings is 1. The number of nitrogen functional groups attached to an aromatic ring is 1. The van der Waals surface area contributed by atoms with Crippen molar-refractivity contribution in [2.45, 2.75) is 0 Å². The summed E-state index contributed by atoms with van der Waals surface area (Å²) in [4.78, 5) is 14.3. The second-order valence-corrected chi connectivity index (χ2v) is 2.57. The summed E-state index contributed by atoms with van der Waals surface area (Å²) in [5, 5.41) is 11.3. The third kappa shape index (κ3) is 2.35. The number of hydrogen-bond donors (Lipinski definition) is 3. The number of nitrogens with two attached hydrogens (primary N) is 2. The standard InChI is InChI=1S/C8H9N5O/c9-3-6-5(10)1-2-8(13-6)12-4-7(11)14/h1-2H,4,10H2,(H2,11,14)(H,12,13). The highest BCUT2D eigenvalue weighted by Gasteiger charge is 2.02. The number of rotatable bonds is 3. The van der Waals surface area contributed by atoms with Gasteiger partial charge in [-0.05, 0) is 12.1 Å². The molecule has 6 nitrogen and oxygen atoms in total. The van der Waals surface area contributed by atoms with Gasteiger partial charge >= 0.3 is 0 Å². The van der Waals surface area contributed by atoms with Gasteiger partial charge in [0.15, 0.2) is 5.69 Å². The van der Waals surface area contributed by atoms with Crippen LogP contribution in [0.4, 0.5) is 11.5 Å². The first kappa shape index (κ1) is 9.80. The van der Waals surface area contributed by atoms with Crippen molar-refractivity contribution in [3.8, 4) is 6.07 Å². The number of nitrogens with zero attached hydrogens (tertiary/aromatic N) is 2. The van der Waals surface area contributed by atoms with Crippen LogP contribution in [-0.4, -0.2) is 17.4 Å². The predicted molar refractivity (Wildman–Crippen MR) is 51.0 cm³/mol. The number of primary amides is 1. The van der Waals surface area contributed by atoms with E-state index in [9.17, 15) is 4.79 Å². The zero-order valence-electron chi connectivity index (χ0n) is 7.32. The molecule has 1 amide bonds. The molecule has 1 aromatic heterocycles. The minimum Gasteiger partial charge on any atom is -0.396 e. The van der Waals surface area contributed by atoms with E-state index in [1.54, 1.807) is 6.07 Å². The number of anilines is 2. The normalized spacial score (nSPS) is 9.07. The van der Waals surface area contributed by atoms with Crippen LogP contribution in [0.15, 0.2) is 12.1 Å². The van der Waals surface area contributed by atoms with E-state index in [1.807, 2.05) is 6.07 Å². The summed E-state index contributed by atoms with van der Waals surface area (Å²) < 4.78 is 0. The molecule has 0 aliphatic heterocycles. The van der Waals surface area contributed by atoms with Crippen LogP contribution < -0.4 is 16.8 Å². The number of carbonyl (C=O) groups excluding carboxylic acids is 1. The number of nitriles is 1. The van der Waals surface area contributed by atoms with Crippen LogP contribution in [0.5, 0.6) is 0 Å². The number of hydrogen-bond acceptors (Lipinski definition) is 5. The van der Waals surface area contributed by atoms with Crippen molar-refractivity contribution in [2.75, 3.05) is 17.6 Å². The topological polar surface area (TPSA) is 118 Å². The van der Waals surface area contributed by atoms with Crippen LogP contribution in [-0.2, 0) is 4.79 Å². The van der Waals surface area contributed by atoms with E-state index in [0.29, 0.717) is 11.5 Å². The summed E-state index contributed by atoms with van der Waals surface area (Å²) in [6.07, 6.45) is 0. The molecule has 0 unspecified atom stereocenters. The highest BCUT2D eigenvalue weighted by Crippen LogP contribution is 2.11. The highest BCUT2D eigenvalue weighted by molar-refractivity contribution is 5.78. The van der Waals surface area contributed by atoms with Crippen LogP contribution in [0, 0.1) is 11.3 Å². The maximum absolute atomic E-state index is 10.4. The third-order valence-corrected chi connectivity index (χ3v) is 1.48. The molecule has 1 rings (SSSR count). The molecule has 0 fully saturated rings. The van der Waals surface area contributed by atoms with Crippen molar-refractivity contribution < 1.29 is 4.79 Å². The molecule has 0 atom stereocenters. The van der Waals surface area contributed by atoms with Crippen LogP contribution >= 0.6 is 0 Å². The van der Waals surface area contributed by atoms with Crippen molar-refractivity contribution in [2.24, 2.45) is 5.73 Å². The Hall–Kier alpha value is -2.29. The van der Waals surface area contributed by atoms with Crippen LogP contribution in [0.1, 0.15) is 5.69 Å². The number of aromatic nitrogens is 1. The summed E-state index contributed by atoms with van der Waals surface area (Å²) in [6.45, 7) is -0.0260. The molecule has 0 bridgehead atoms. The molecule has 6 heteroatoms. The van der Waals surface area contributed by atoms with Crippen molar-refractivity contribution in [3.05, 3.63) is 17.8 Å². The fraction of sp³-hybridized carbons (Fsp3) is 0.125. The summed E-state index contributed by atoms with van der Waals surface area (Å²) >= 11 is 0. The Morgan fingerprint density at radius 1 is 1.64 bits per heavy atom. The fourth-order valence-electron chi connectivity index (χ4n) is 0.836. The quantitative estimate of drug-likeness (QED) is 0.591. The highest BCUT2D eigenvalue weighted by atomic mass is 16.1. The Balaban J connectivity index is 2.80. The molecule has 72 valence electrons. The monoisotopic (exact) mass is 191 g/mol. The molecular formula is C8H9N5O. The second-order valence-electron chi connectivity index (χ2n) is 2.57. The molecular weight excluding hydrogens is 182 g/mol. The van der Waals surface area contributed by atoms with Gasteiger partial charge in [0.2, 0.25) is 5.91 Å². The molecule has 14 heavy (non-hydrogen) atoms. The number of nitrogens with one attached hydrogen (secondary N) is 1. The summed E-state index contributed by atoms with van der Waals surface area (Å²) in [6, 6.07) is 4.94. The molecule has 0 aliphatic carbocycles. The predicted octanol–water partition coefficient (Wildman–Crippen LogP) is -0.567. The zero-order valence-corrected chi connectivity index (χ0v) is 7.32. The lowest BCUT2D eigenvalue weighted by atomic mass is 10.3. The van der Waals surface area contributed by atoms with Crippen LogP contribution in [0.25, 0.3) is 0 Å². The van der Waals surface area contributed by atoms with E-state index in [4.69, 9.17) is 16.7 Å². The van der Waals surface area contributed by atoms with Gasteiger partial charge < -0.3 is 16.8 Å². The van der Waals surface area contributed by atoms with E-state index in [1.165, 1.54) is 6.07 Å². The Morgan fingerprint density at radius 3 is 2.93 bits per heavy atom. The molecule has 1 heterocycles. The molecule has 0 spiro atoms. The van der Waals surface area contributed by atoms with Crippen LogP contribution in [0.3, 0.4) is 0 Å². The molecule has 0 saturated heterocycles. The van der Waals surface area contributed by atoms with Gasteiger partial charge in [0.05, 0.1) is 12.2 Å². The minimum atomic E-state index is -0.498. The Bertz CT molecular complexity index is 395. The van der Waals surface area contributed by atoms with Gasteiger partial charge in [0.1, 0.15) is 11.9 Å². The molecule has 0 saturated carbocycles. The summed E-state index contributed by atoms with van der Waals surface area (Å²) in [5.41, 5.74) is 10.8. The SMILES string of the molecule is N#Cc1nc(NCC(N)=O)ccc1N. The maximum Gasteiger partial charge on any atom is 0.236 e. The van der Waals surface area contributed by atoms with Crippen molar-refractivity contribution in [3.63, 3.8) is 0 Å². The Morgan fingerprint density at radius 2 is 2.36 bits per heavy atom. The van der Waals surface area contributed by atoms with Gasteiger partial charge in [-0.1, -0.05) is 0 Å². The molecule has 1 aromatic rings. The lowest BCUT2D eigenvalue weighted by Gasteiger charge is -2.03. The van der Waals surface area contributed by atoms with E-state index in [2.05, 4.69) is 10.3 Å². The Labute approximate surface area is 80.5 Å². The lowest BCUT2D eigenvalue weighted by molar-refractivity contribution is -0.116. The van der Waals surface area contributed by atoms with Crippen molar-refractivity contribution in [1.29, 1.82) is 5.26 Å². The maximum atomic E-state index is 10.4.